The van der Waals surface area contributed by atoms with E-state index in [0.29, 0.717) is 6.61 Å². The normalized spacial score (nSPS) is 25.4. The second-order valence-electron chi connectivity index (χ2n) is 5.80. The Morgan fingerprint density at radius 3 is 2.81 bits per heavy atom. The van der Waals surface area contributed by atoms with Crippen LogP contribution in [0.4, 0.5) is 0 Å². The molecule has 1 N–H and O–H groups in total. The van der Waals surface area contributed by atoms with Crippen molar-refractivity contribution in [2.45, 2.75) is 38.0 Å². The van der Waals surface area contributed by atoms with Gasteiger partial charge in [-0.3, -0.25) is 9.59 Å². The second-order valence-corrected chi connectivity index (χ2v) is 5.80. The van der Waals surface area contributed by atoms with Crippen molar-refractivity contribution in [1.82, 2.24) is 4.90 Å². The highest BCUT2D eigenvalue weighted by Gasteiger charge is 2.49. The number of methoxy groups -OCH3 is 1. The summed E-state index contributed by atoms with van der Waals surface area (Å²) >= 11 is 0. The predicted octanol–water partition coefficient (Wildman–Crippen LogP) is 1.97. The first-order valence-electron chi connectivity index (χ1n) is 7.23. The number of carbonyl (C=O) groups is 2. The molecule has 1 aromatic carbocycles. The Bertz CT molecular complexity index is 567. The summed E-state index contributed by atoms with van der Waals surface area (Å²) in [5.74, 6) is -1.59. The van der Waals surface area contributed by atoms with E-state index >= 15 is 0 Å². The third-order valence-corrected chi connectivity index (χ3v) is 4.22. The lowest BCUT2D eigenvalue weighted by atomic mass is 9.92. The van der Waals surface area contributed by atoms with Crippen LogP contribution in [0.25, 0.3) is 0 Å². The fraction of sp³-hybridized carbons (Fsp3) is 0.500. The van der Waals surface area contributed by atoms with Crippen LogP contribution in [-0.4, -0.2) is 35.0 Å². The van der Waals surface area contributed by atoms with Crippen LogP contribution < -0.4 is 0 Å². The molecule has 2 unspecified atom stereocenters. The number of carboxylic acid groups (broad SMARTS) is 1. The number of benzene rings is 1. The molecule has 5 heteroatoms. The van der Waals surface area contributed by atoms with Crippen LogP contribution in [0.3, 0.4) is 0 Å². The standard InChI is InChI=1S/C16H19NO4/c1-21-9-10-3-2-4-11(7-10)15-13(16(19)20)8-14(18)17(15)12-5-6-12/h2-4,7,12-13,15H,5-6,8-9H2,1H3,(H,19,20). The van der Waals surface area contributed by atoms with Gasteiger partial charge in [0.05, 0.1) is 18.6 Å². The number of ether oxygens (including phenoxy) is 1. The number of likely N-dealkylation sites (tertiary alicyclic amines) is 1. The molecule has 0 aromatic heterocycles. The van der Waals surface area contributed by atoms with E-state index in [0.717, 1.165) is 24.0 Å². The quantitative estimate of drug-likeness (QED) is 0.900. The van der Waals surface area contributed by atoms with Gasteiger partial charge < -0.3 is 14.7 Å². The molecule has 5 nitrogen and oxygen atoms in total. The van der Waals surface area contributed by atoms with E-state index in [2.05, 4.69) is 0 Å². The van der Waals surface area contributed by atoms with Crippen molar-refractivity contribution < 1.29 is 19.4 Å². The molecule has 112 valence electrons. The topological polar surface area (TPSA) is 66.8 Å². The second kappa shape index (κ2) is 5.48. The van der Waals surface area contributed by atoms with Crippen LogP contribution in [0.2, 0.25) is 0 Å². The summed E-state index contributed by atoms with van der Waals surface area (Å²) in [6, 6.07) is 7.58. The average Bonchev–Trinajstić information content (AvgIpc) is 3.22. The van der Waals surface area contributed by atoms with Crippen LogP contribution in [0, 0.1) is 5.92 Å². The molecule has 1 saturated carbocycles. The molecule has 0 bridgehead atoms. The maximum Gasteiger partial charge on any atom is 0.309 e. The van der Waals surface area contributed by atoms with Crippen molar-refractivity contribution >= 4 is 11.9 Å². The highest BCUT2D eigenvalue weighted by atomic mass is 16.5. The minimum Gasteiger partial charge on any atom is -0.481 e. The van der Waals surface area contributed by atoms with E-state index in [4.69, 9.17) is 4.74 Å². The van der Waals surface area contributed by atoms with Gasteiger partial charge in [-0.1, -0.05) is 24.3 Å². The summed E-state index contributed by atoms with van der Waals surface area (Å²) in [6.45, 7) is 0.482. The van der Waals surface area contributed by atoms with Gasteiger partial charge in [0.2, 0.25) is 5.91 Å². The number of carboxylic acids is 1. The van der Waals surface area contributed by atoms with E-state index in [1.807, 2.05) is 24.3 Å². The number of carbonyl (C=O) groups excluding carboxylic acids is 1. The van der Waals surface area contributed by atoms with Gasteiger partial charge in [-0.15, -0.1) is 0 Å². The third kappa shape index (κ3) is 2.65. The maximum absolute atomic E-state index is 12.2. The van der Waals surface area contributed by atoms with E-state index in [1.165, 1.54) is 0 Å². The molecule has 21 heavy (non-hydrogen) atoms. The SMILES string of the molecule is COCc1cccc(C2C(C(=O)O)CC(=O)N2C2CC2)c1. The summed E-state index contributed by atoms with van der Waals surface area (Å²) in [6.07, 6.45) is 2.06. The zero-order valence-corrected chi connectivity index (χ0v) is 12.0. The molecule has 1 heterocycles. The fourth-order valence-corrected chi connectivity index (χ4v) is 3.19. The van der Waals surface area contributed by atoms with Crippen LogP contribution in [0.5, 0.6) is 0 Å². The van der Waals surface area contributed by atoms with Crippen molar-refractivity contribution in [1.29, 1.82) is 0 Å². The smallest absolute Gasteiger partial charge is 0.309 e. The number of aliphatic carboxylic acids is 1. The first-order valence-corrected chi connectivity index (χ1v) is 7.23. The Morgan fingerprint density at radius 2 is 2.19 bits per heavy atom. The lowest BCUT2D eigenvalue weighted by Gasteiger charge is -2.27. The monoisotopic (exact) mass is 289 g/mol. The highest BCUT2D eigenvalue weighted by Crippen LogP contribution is 2.45. The van der Waals surface area contributed by atoms with Gasteiger partial charge in [-0.2, -0.15) is 0 Å². The van der Waals surface area contributed by atoms with Gasteiger partial charge in [0, 0.05) is 19.6 Å². The average molecular weight is 289 g/mol. The molecule has 0 radical (unpaired) electrons. The Morgan fingerprint density at radius 1 is 1.43 bits per heavy atom. The number of nitrogens with zero attached hydrogens (tertiary/aromatic N) is 1. The highest BCUT2D eigenvalue weighted by molar-refractivity contribution is 5.87. The Labute approximate surface area is 123 Å². The Hall–Kier alpha value is -1.88. The molecule has 1 aliphatic heterocycles. The number of hydrogen-bond donors (Lipinski definition) is 1. The minimum absolute atomic E-state index is 0.0351. The summed E-state index contributed by atoms with van der Waals surface area (Å²) in [4.78, 5) is 25.5. The third-order valence-electron chi connectivity index (χ3n) is 4.22. The molecule has 2 atom stereocenters. The van der Waals surface area contributed by atoms with E-state index in [-0.39, 0.29) is 24.4 Å². The number of amides is 1. The largest absolute Gasteiger partial charge is 0.481 e. The summed E-state index contributed by atoms with van der Waals surface area (Å²) in [5.41, 5.74) is 1.89. The van der Waals surface area contributed by atoms with Crippen LogP contribution in [0.15, 0.2) is 24.3 Å². The van der Waals surface area contributed by atoms with Crippen molar-refractivity contribution in [3.05, 3.63) is 35.4 Å². The first kappa shape index (κ1) is 14.1. The predicted molar refractivity (Wildman–Crippen MR) is 75.5 cm³/mol. The van der Waals surface area contributed by atoms with Gasteiger partial charge in [0.1, 0.15) is 0 Å². The summed E-state index contributed by atoms with van der Waals surface area (Å²) < 4.78 is 5.13. The molecule has 1 amide bonds. The molecule has 1 aliphatic carbocycles. The minimum atomic E-state index is -0.895. The van der Waals surface area contributed by atoms with E-state index in [9.17, 15) is 14.7 Å². The summed E-state index contributed by atoms with van der Waals surface area (Å²) in [5, 5.41) is 9.45. The first-order chi connectivity index (χ1) is 10.1. The van der Waals surface area contributed by atoms with Gasteiger partial charge in [-0.25, -0.2) is 0 Å². The van der Waals surface area contributed by atoms with E-state index < -0.39 is 11.9 Å². The lowest BCUT2D eigenvalue weighted by molar-refractivity contribution is -0.142. The zero-order chi connectivity index (χ0) is 15.0. The number of hydrogen-bond acceptors (Lipinski definition) is 3. The van der Waals surface area contributed by atoms with Crippen LogP contribution >= 0.6 is 0 Å². The fourth-order valence-electron chi connectivity index (χ4n) is 3.19. The van der Waals surface area contributed by atoms with Gasteiger partial charge >= 0.3 is 5.97 Å². The van der Waals surface area contributed by atoms with Gasteiger partial charge in [-0.05, 0) is 24.0 Å². The van der Waals surface area contributed by atoms with Crippen LogP contribution in [-0.2, 0) is 20.9 Å². The molecule has 3 rings (SSSR count). The van der Waals surface area contributed by atoms with Crippen molar-refractivity contribution in [3.63, 3.8) is 0 Å². The molecular formula is C16H19NO4. The van der Waals surface area contributed by atoms with Crippen molar-refractivity contribution in [3.8, 4) is 0 Å². The van der Waals surface area contributed by atoms with Gasteiger partial charge in [0.25, 0.3) is 0 Å². The van der Waals surface area contributed by atoms with Crippen molar-refractivity contribution in [2.24, 2.45) is 5.92 Å². The van der Waals surface area contributed by atoms with Gasteiger partial charge in [0.15, 0.2) is 0 Å². The molecule has 2 fully saturated rings. The molecular weight excluding hydrogens is 270 g/mol. The molecule has 2 aliphatic rings. The van der Waals surface area contributed by atoms with E-state index in [1.54, 1.807) is 12.0 Å². The summed E-state index contributed by atoms with van der Waals surface area (Å²) in [7, 11) is 1.63. The Balaban J connectivity index is 1.96. The molecule has 0 spiro atoms. The van der Waals surface area contributed by atoms with Crippen molar-refractivity contribution in [2.75, 3.05) is 7.11 Å². The zero-order valence-electron chi connectivity index (χ0n) is 12.0. The lowest BCUT2D eigenvalue weighted by Crippen LogP contribution is -2.32. The van der Waals surface area contributed by atoms with Crippen LogP contribution in [0.1, 0.15) is 36.4 Å². The Kier molecular flexibility index (Phi) is 3.68. The molecule has 1 saturated heterocycles. The maximum atomic E-state index is 12.2. The number of rotatable bonds is 5. The molecule has 1 aromatic rings.